The quantitative estimate of drug-likeness (QED) is 0.815. The summed E-state index contributed by atoms with van der Waals surface area (Å²) >= 11 is 0. The fourth-order valence-electron chi connectivity index (χ4n) is 2.32. The Labute approximate surface area is 108 Å². The molecule has 3 heteroatoms. The zero-order chi connectivity index (χ0) is 13.1. The molecule has 0 unspecified atom stereocenters. The molecule has 1 aliphatic rings. The van der Waals surface area contributed by atoms with Gasteiger partial charge in [-0.1, -0.05) is 32.0 Å². The number of rotatable bonds is 6. The van der Waals surface area contributed by atoms with Crippen LogP contribution in [0.15, 0.2) is 24.3 Å². The predicted molar refractivity (Wildman–Crippen MR) is 70.7 cm³/mol. The average Bonchev–Trinajstić information content (AvgIpc) is 3.16. The first-order valence-electron chi connectivity index (χ1n) is 6.74. The fourth-order valence-corrected chi connectivity index (χ4v) is 2.32. The molecule has 0 amide bonds. The van der Waals surface area contributed by atoms with Crippen LogP contribution in [0, 0.1) is 17.7 Å². The Morgan fingerprint density at radius 2 is 2.00 bits per heavy atom. The summed E-state index contributed by atoms with van der Waals surface area (Å²) in [6.45, 7) is 4.23. The van der Waals surface area contributed by atoms with Crippen LogP contribution in [-0.4, -0.2) is 17.8 Å². The largest absolute Gasteiger partial charge is 0.395 e. The zero-order valence-corrected chi connectivity index (χ0v) is 11.1. The van der Waals surface area contributed by atoms with E-state index in [1.54, 1.807) is 6.07 Å². The third-order valence-electron chi connectivity index (χ3n) is 3.73. The topological polar surface area (TPSA) is 32.3 Å². The van der Waals surface area contributed by atoms with Gasteiger partial charge in [0.1, 0.15) is 5.82 Å². The van der Waals surface area contributed by atoms with Gasteiger partial charge in [0, 0.05) is 17.6 Å². The molecule has 1 aromatic carbocycles. The predicted octanol–water partition coefficient (Wildman–Crippen LogP) is 2.88. The SMILES string of the molecule is CC(C)[C@@H](CO)N[C@H](c1ccccc1F)C1CC1. The Kier molecular flexibility index (Phi) is 4.36. The van der Waals surface area contributed by atoms with E-state index in [2.05, 4.69) is 19.2 Å². The van der Waals surface area contributed by atoms with Crippen LogP contribution in [0.3, 0.4) is 0 Å². The van der Waals surface area contributed by atoms with Crippen molar-refractivity contribution in [2.45, 2.75) is 38.8 Å². The van der Waals surface area contributed by atoms with Gasteiger partial charge in [-0.25, -0.2) is 4.39 Å². The Morgan fingerprint density at radius 3 is 2.50 bits per heavy atom. The van der Waals surface area contributed by atoms with Crippen molar-refractivity contribution >= 4 is 0 Å². The Hall–Kier alpha value is -0.930. The van der Waals surface area contributed by atoms with Gasteiger partial charge < -0.3 is 10.4 Å². The molecule has 0 aromatic heterocycles. The second-order valence-electron chi connectivity index (χ2n) is 5.54. The van der Waals surface area contributed by atoms with Crippen molar-refractivity contribution in [2.24, 2.45) is 11.8 Å². The molecule has 2 rings (SSSR count). The van der Waals surface area contributed by atoms with Gasteiger partial charge in [0.2, 0.25) is 0 Å². The summed E-state index contributed by atoms with van der Waals surface area (Å²) in [6, 6.07) is 7.00. The smallest absolute Gasteiger partial charge is 0.127 e. The number of halogens is 1. The first-order valence-corrected chi connectivity index (χ1v) is 6.74. The highest BCUT2D eigenvalue weighted by Gasteiger charge is 2.35. The highest BCUT2D eigenvalue weighted by Crippen LogP contribution is 2.42. The first kappa shape index (κ1) is 13.5. The van der Waals surface area contributed by atoms with E-state index in [-0.39, 0.29) is 24.5 Å². The average molecular weight is 251 g/mol. The molecule has 0 bridgehead atoms. The maximum Gasteiger partial charge on any atom is 0.127 e. The normalized spacial score (nSPS) is 18.9. The van der Waals surface area contributed by atoms with Crippen molar-refractivity contribution in [1.29, 1.82) is 0 Å². The number of nitrogens with one attached hydrogen (secondary N) is 1. The van der Waals surface area contributed by atoms with Gasteiger partial charge in [-0.05, 0) is 30.7 Å². The van der Waals surface area contributed by atoms with Crippen molar-refractivity contribution < 1.29 is 9.50 Å². The molecule has 0 radical (unpaired) electrons. The van der Waals surface area contributed by atoms with Crippen LogP contribution in [-0.2, 0) is 0 Å². The third kappa shape index (κ3) is 3.09. The lowest BCUT2D eigenvalue weighted by Crippen LogP contribution is -2.40. The molecule has 100 valence electrons. The maximum atomic E-state index is 13.9. The van der Waals surface area contributed by atoms with Gasteiger partial charge in [0.05, 0.1) is 6.61 Å². The summed E-state index contributed by atoms with van der Waals surface area (Å²) in [5.74, 6) is 0.695. The number of hydrogen-bond acceptors (Lipinski definition) is 2. The zero-order valence-electron chi connectivity index (χ0n) is 11.1. The van der Waals surface area contributed by atoms with Crippen molar-refractivity contribution in [1.82, 2.24) is 5.32 Å². The summed E-state index contributed by atoms with van der Waals surface area (Å²) in [4.78, 5) is 0. The van der Waals surface area contributed by atoms with Crippen LogP contribution in [0.25, 0.3) is 0 Å². The Morgan fingerprint density at radius 1 is 1.33 bits per heavy atom. The number of aliphatic hydroxyl groups excluding tert-OH is 1. The summed E-state index contributed by atoms with van der Waals surface area (Å²) in [7, 11) is 0. The maximum absolute atomic E-state index is 13.9. The molecule has 1 aliphatic carbocycles. The van der Waals surface area contributed by atoms with E-state index < -0.39 is 0 Å². The molecule has 2 N–H and O–H groups in total. The molecular formula is C15H22FNO. The molecule has 0 heterocycles. The molecular weight excluding hydrogens is 229 g/mol. The van der Waals surface area contributed by atoms with E-state index in [1.807, 2.05) is 12.1 Å². The number of benzene rings is 1. The van der Waals surface area contributed by atoms with Gasteiger partial charge in [-0.2, -0.15) is 0 Å². The summed E-state index contributed by atoms with van der Waals surface area (Å²) in [6.07, 6.45) is 2.28. The lowest BCUT2D eigenvalue weighted by molar-refractivity contribution is 0.193. The molecule has 0 saturated heterocycles. The lowest BCUT2D eigenvalue weighted by Gasteiger charge is -2.27. The first-order chi connectivity index (χ1) is 8.63. The van der Waals surface area contributed by atoms with E-state index in [0.29, 0.717) is 11.8 Å². The summed E-state index contributed by atoms with van der Waals surface area (Å²) < 4.78 is 13.9. The summed E-state index contributed by atoms with van der Waals surface area (Å²) in [5, 5.41) is 12.8. The van der Waals surface area contributed by atoms with Gasteiger partial charge in [0.15, 0.2) is 0 Å². The van der Waals surface area contributed by atoms with Crippen LogP contribution in [0.1, 0.15) is 38.3 Å². The second kappa shape index (κ2) is 5.81. The second-order valence-corrected chi connectivity index (χ2v) is 5.54. The summed E-state index contributed by atoms with van der Waals surface area (Å²) in [5.41, 5.74) is 0.735. The molecule has 2 atom stereocenters. The van der Waals surface area contributed by atoms with Gasteiger partial charge in [0.25, 0.3) is 0 Å². The van der Waals surface area contributed by atoms with Gasteiger partial charge in [-0.3, -0.25) is 0 Å². The third-order valence-corrected chi connectivity index (χ3v) is 3.73. The minimum Gasteiger partial charge on any atom is -0.395 e. The molecule has 2 nitrogen and oxygen atoms in total. The van der Waals surface area contributed by atoms with Crippen LogP contribution >= 0.6 is 0 Å². The standard InChI is InChI=1S/C15H22FNO/c1-10(2)14(9-18)17-15(11-7-8-11)12-5-3-4-6-13(12)16/h3-6,10-11,14-15,17-18H,7-9H2,1-2H3/t14-,15+/m1/s1. The molecule has 0 aliphatic heterocycles. The van der Waals surface area contributed by atoms with Gasteiger partial charge >= 0.3 is 0 Å². The number of hydrogen-bond donors (Lipinski definition) is 2. The van der Waals surface area contributed by atoms with E-state index >= 15 is 0 Å². The van der Waals surface area contributed by atoms with Crippen LogP contribution in [0.2, 0.25) is 0 Å². The fraction of sp³-hybridized carbons (Fsp3) is 0.600. The molecule has 18 heavy (non-hydrogen) atoms. The van der Waals surface area contributed by atoms with Crippen molar-refractivity contribution in [3.05, 3.63) is 35.6 Å². The van der Waals surface area contributed by atoms with Crippen LogP contribution in [0.4, 0.5) is 4.39 Å². The highest BCUT2D eigenvalue weighted by molar-refractivity contribution is 5.23. The van der Waals surface area contributed by atoms with E-state index in [0.717, 1.165) is 18.4 Å². The minimum atomic E-state index is -0.151. The van der Waals surface area contributed by atoms with E-state index in [4.69, 9.17) is 0 Å². The van der Waals surface area contributed by atoms with E-state index in [1.165, 1.54) is 6.07 Å². The minimum absolute atomic E-state index is 0.0233. The highest BCUT2D eigenvalue weighted by atomic mass is 19.1. The van der Waals surface area contributed by atoms with Crippen molar-refractivity contribution in [2.75, 3.05) is 6.61 Å². The van der Waals surface area contributed by atoms with Crippen LogP contribution in [0.5, 0.6) is 0 Å². The lowest BCUT2D eigenvalue weighted by atomic mass is 9.97. The molecule has 0 spiro atoms. The molecule has 1 aromatic rings. The van der Waals surface area contributed by atoms with Gasteiger partial charge in [-0.15, -0.1) is 0 Å². The Balaban J connectivity index is 2.16. The van der Waals surface area contributed by atoms with Crippen molar-refractivity contribution in [3.63, 3.8) is 0 Å². The van der Waals surface area contributed by atoms with Crippen LogP contribution < -0.4 is 5.32 Å². The monoisotopic (exact) mass is 251 g/mol. The molecule has 1 fully saturated rings. The Bertz CT molecular complexity index is 390. The molecule has 1 saturated carbocycles. The number of aliphatic hydroxyl groups is 1. The van der Waals surface area contributed by atoms with Crippen molar-refractivity contribution in [3.8, 4) is 0 Å². The van der Waals surface area contributed by atoms with E-state index in [9.17, 15) is 9.50 Å².